The first-order valence-corrected chi connectivity index (χ1v) is 12.2. The third kappa shape index (κ3) is 3.38. The van der Waals surface area contributed by atoms with Crippen molar-refractivity contribution in [3.8, 4) is 34.8 Å². The second-order valence-corrected chi connectivity index (χ2v) is 11.2. The molecule has 5 heteroatoms. The molecule has 0 saturated heterocycles. The summed E-state index contributed by atoms with van der Waals surface area (Å²) in [6.45, 7) is 0. The van der Waals surface area contributed by atoms with E-state index in [1.807, 2.05) is 72.8 Å². The molecule has 0 radical (unpaired) electrons. The van der Waals surface area contributed by atoms with Gasteiger partial charge in [0.15, 0.2) is 0 Å². The molecule has 2 nitrogen and oxygen atoms in total. The minimum Gasteiger partial charge on any atom is -0.337 e. The molecule has 0 aliphatic carbocycles. The highest BCUT2D eigenvalue weighted by Gasteiger charge is 2.41. The van der Waals surface area contributed by atoms with E-state index in [1.54, 1.807) is 0 Å². The average molecular weight is 428 g/mol. The lowest BCUT2D eigenvalue weighted by Crippen LogP contribution is -2.02. The number of hydrogen-bond donors (Lipinski definition) is 1. The first-order valence-electron chi connectivity index (χ1n) is 8.87. The Bertz CT molecular complexity index is 1290. The van der Waals surface area contributed by atoms with Crippen molar-refractivity contribution in [2.45, 2.75) is 0 Å². The maximum absolute atomic E-state index is 13.1. The molecule has 1 N–H and O–H groups in total. The average Bonchev–Trinajstić information content (AvgIpc) is 3.41. The Morgan fingerprint density at radius 3 is 1.48 bits per heavy atom. The SMILES string of the molecule is O=P1(O)c2sc(C#Cc3ccccc3)cc2-c2cc(C#Cc3ccccc3)sc21. The molecule has 1 aliphatic heterocycles. The number of fused-ring (bicyclic) bond motifs is 3. The Labute approximate surface area is 177 Å². The van der Waals surface area contributed by atoms with Gasteiger partial charge in [-0.1, -0.05) is 60.1 Å². The van der Waals surface area contributed by atoms with Crippen LogP contribution in [-0.2, 0) is 4.57 Å². The molecule has 0 amide bonds. The van der Waals surface area contributed by atoms with Crippen molar-refractivity contribution in [3.05, 3.63) is 93.7 Å². The second kappa shape index (κ2) is 7.20. The zero-order valence-electron chi connectivity index (χ0n) is 15.0. The molecule has 4 aromatic rings. The lowest BCUT2D eigenvalue weighted by molar-refractivity contribution is 0.503. The zero-order valence-corrected chi connectivity index (χ0v) is 17.6. The monoisotopic (exact) mass is 428 g/mol. The highest BCUT2D eigenvalue weighted by molar-refractivity contribution is 7.84. The molecule has 2 aromatic carbocycles. The van der Waals surface area contributed by atoms with E-state index in [-0.39, 0.29) is 0 Å². The van der Waals surface area contributed by atoms with Crippen LogP contribution in [-0.4, -0.2) is 4.89 Å². The molecule has 29 heavy (non-hydrogen) atoms. The van der Waals surface area contributed by atoms with Crippen molar-refractivity contribution in [2.24, 2.45) is 0 Å². The Morgan fingerprint density at radius 2 is 1.07 bits per heavy atom. The van der Waals surface area contributed by atoms with Crippen LogP contribution < -0.4 is 9.24 Å². The fourth-order valence-electron chi connectivity index (χ4n) is 3.12. The zero-order chi connectivity index (χ0) is 19.8. The van der Waals surface area contributed by atoms with Gasteiger partial charge >= 0.3 is 0 Å². The molecule has 0 unspecified atom stereocenters. The predicted molar refractivity (Wildman–Crippen MR) is 122 cm³/mol. The van der Waals surface area contributed by atoms with Crippen molar-refractivity contribution >= 4 is 39.3 Å². The molecule has 0 saturated carbocycles. The third-order valence-electron chi connectivity index (χ3n) is 4.47. The summed E-state index contributed by atoms with van der Waals surface area (Å²) >= 11 is 2.62. The van der Waals surface area contributed by atoms with Crippen LogP contribution in [0.2, 0.25) is 0 Å². The standard InChI is InChI=1S/C24H13O2PS2/c25-27(26)23-21(15-19(28-23)13-11-17-7-3-1-4-8-17)22-16-20(29-24(22)27)14-12-18-9-5-2-6-10-18/h1-10,15-16H,(H,25,26). The smallest absolute Gasteiger partial charge is 0.279 e. The molecule has 2 aromatic heterocycles. The van der Waals surface area contributed by atoms with Crippen molar-refractivity contribution < 1.29 is 9.46 Å². The summed E-state index contributed by atoms with van der Waals surface area (Å²) in [5, 5.41) is 0. The van der Waals surface area contributed by atoms with Crippen LogP contribution in [0.4, 0.5) is 0 Å². The maximum Gasteiger partial charge on any atom is 0.279 e. The Hall–Kier alpha value is -2.85. The molecule has 0 atom stereocenters. The van der Waals surface area contributed by atoms with Crippen LogP contribution in [0.15, 0.2) is 72.8 Å². The van der Waals surface area contributed by atoms with E-state index in [9.17, 15) is 9.46 Å². The summed E-state index contributed by atoms with van der Waals surface area (Å²) in [7, 11) is -3.57. The number of rotatable bonds is 0. The first kappa shape index (κ1) is 18.2. The normalized spacial score (nSPS) is 12.9. The largest absolute Gasteiger partial charge is 0.337 e. The van der Waals surface area contributed by atoms with E-state index in [2.05, 4.69) is 23.7 Å². The van der Waals surface area contributed by atoms with Crippen molar-refractivity contribution in [1.29, 1.82) is 0 Å². The van der Waals surface area contributed by atoms with Gasteiger partial charge < -0.3 is 4.89 Å². The van der Waals surface area contributed by atoms with Gasteiger partial charge in [-0.15, -0.1) is 22.7 Å². The quantitative estimate of drug-likeness (QED) is 0.322. The van der Waals surface area contributed by atoms with E-state index in [0.717, 1.165) is 32.0 Å². The fraction of sp³-hybridized carbons (Fsp3) is 0. The minimum absolute atomic E-state index is 0.527. The van der Waals surface area contributed by atoms with Gasteiger partial charge in [0.1, 0.15) is 9.24 Å². The molecule has 3 heterocycles. The van der Waals surface area contributed by atoms with E-state index in [1.165, 1.54) is 22.7 Å². The summed E-state index contributed by atoms with van der Waals surface area (Å²) in [5.74, 6) is 12.5. The van der Waals surface area contributed by atoms with Crippen LogP contribution in [0.5, 0.6) is 0 Å². The minimum atomic E-state index is -3.57. The molecule has 138 valence electrons. The lowest BCUT2D eigenvalue weighted by Gasteiger charge is -2.01. The predicted octanol–water partition coefficient (Wildman–Crippen LogP) is 4.81. The van der Waals surface area contributed by atoms with Gasteiger partial charge in [-0.3, -0.25) is 4.57 Å². The lowest BCUT2D eigenvalue weighted by atomic mass is 10.1. The Morgan fingerprint density at radius 1 is 0.655 bits per heavy atom. The van der Waals surface area contributed by atoms with Gasteiger partial charge in [-0.25, -0.2) is 0 Å². The van der Waals surface area contributed by atoms with E-state index >= 15 is 0 Å². The number of benzene rings is 2. The van der Waals surface area contributed by atoms with E-state index < -0.39 is 7.37 Å². The highest BCUT2D eigenvalue weighted by Crippen LogP contribution is 2.54. The molecule has 1 aliphatic rings. The first-order chi connectivity index (χ1) is 14.1. The summed E-state index contributed by atoms with van der Waals surface area (Å²) in [4.78, 5) is 12.4. The summed E-state index contributed by atoms with van der Waals surface area (Å²) < 4.78 is 14.2. The Kier molecular flexibility index (Phi) is 4.51. The van der Waals surface area contributed by atoms with Crippen LogP contribution in [0.25, 0.3) is 11.1 Å². The van der Waals surface area contributed by atoms with Gasteiger partial charge in [0, 0.05) is 22.3 Å². The number of hydrogen-bond acceptors (Lipinski definition) is 3. The Balaban J connectivity index is 1.51. The second-order valence-electron chi connectivity index (χ2n) is 6.47. The molecule has 5 rings (SSSR count). The van der Waals surface area contributed by atoms with Crippen LogP contribution in [0.3, 0.4) is 0 Å². The van der Waals surface area contributed by atoms with Gasteiger partial charge in [-0.05, 0) is 36.4 Å². The topological polar surface area (TPSA) is 37.3 Å². The molecular weight excluding hydrogens is 415 g/mol. The fourth-order valence-corrected chi connectivity index (χ4v) is 8.17. The number of thiophene rings is 2. The van der Waals surface area contributed by atoms with Crippen molar-refractivity contribution in [1.82, 2.24) is 0 Å². The summed E-state index contributed by atoms with van der Waals surface area (Å²) in [6.07, 6.45) is 0. The van der Waals surface area contributed by atoms with Crippen molar-refractivity contribution in [3.63, 3.8) is 0 Å². The summed E-state index contributed by atoms with van der Waals surface area (Å²) in [6, 6.07) is 23.3. The van der Waals surface area contributed by atoms with Crippen LogP contribution >= 0.6 is 30.0 Å². The third-order valence-corrected chi connectivity index (χ3v) is 9.79. The summed E-state index contributed by atoms with van der Waals surface area (Å²) in [5.41, 5.74) is 3.47. The van der Waals surface area contributed by atoms with Crippen LogP contribution in [0.1, 0.15) is 20.9 Å². The van der Waals surface area contributed by atoms with Crippen LogP contribution in [0, 0.1) is 23.7 Å². The van der Waals surface area contributed by atoms with Crippen molar-refractivity contribution in [2.75, 3.05) is 0 Å². The van der Waals surface area contributed by atoms with Gasteiger partial charge in [0.05, 0.1) is 9.75 Å². The molecule has 0 fully saturated rings. The molecule has 0 bridgehead atoms. The van der Waals surface area contributed by atoms with E-state index in [4.69, 9.17) is 0 Å². The molecular formula is C24H13O2PS2. The molecule has 0 spiro atoms. The highest BCUT2D eigenvalue weighted by atomic mass is 32.1. The van der Waals surface area contributed by atoms with Gasteiger partial charge in [0.2, 0.25) is 0 Å². The van der Waals surface area contributed by atoms with Gasteiger partial charge in [0.25, 0.3) is 7.37 Å². The van der Waals surface area contributed by atoms with E-state index in [0.29, 0.717) is 9.24 Å². The van der Waals surface area contributed by atoms with Gasteiger partial charge in [-0.2, -0.15) is 0 Å². The maximum atomic E-state index is 13.1.